The Kier molecular flexibility index (Phi) is 6.43. The van der Waals surface area contributed by atoms with E-state index in [0.29, 0.717) is 17.7 Å². The molecule has 1 N–H and O–H groups in total. The van der Waals surface area contributed by atoms with Crippen LogP contribution in [0.1, 0.15) is 27.2 Å². The van der Waals surface area contributed by atoms with Crippen LogP contribution < -0.4 is 5.43 Å². The Hall–Kier alpha value is -5.10. The average molecular weight is 513 g/mol. The van der Waals surface area contributed by atoms with Crippen molar-refractivity contribution < 1.29 is 9.18 Å². The minimum Gasteiger partial charge on any atom is -0.340 e. The van der Waals surface area contributed by atoms with Crippen molar-refractivity contribution in [3.8, 4) is 11.3 Å². The van der Waals surface area contributed by atoms with Gasteiger partial charge in [0.1, 0.15) is 5.82 Å². The van der Waals surface area contributed by atoms with E-state index in [1.54, 1.807) is 24.4 Å². The van der Waals surface area contributed by atoms with Crippen molar-refractivity contribution in [1.29, 1.82) is 0 Å². The Morgan fingerprint density at radius 3 is 2.41 bits per heavy atom. The fourth-order valence-electron chi connectivity index (χ4n) is 4.96. The molecule has 0 radical (unpaired) electrons. The number of amides is 1. The highest BCUT2D eigenvalue weighted by Gasteiger charge is 2.16. The van der Waals surface area contributed by atoms with Crippen molar-refractivity contribution in [3.63, 3.8) is 0 Å². The van der Waals surface area contributed by atoms with Crippen molar-refractivity contribution in [2.45, 2.75) is 13.5 Å². The smallest absolute Gasteiger partial charge is 0.272 e. The van der Waals surface area contributed by atoms with Crippen molar-refractivity contribution in [2.75, 3.05) is 0 Å². The highest BCUT2D eigenvalue weighted by molar-refractivity contribution is 6.08. The molecule has 2 aromatic heterocycles. The number of nitrogens with one attached hydrogen (secondary N) is 1. The summed E-state index contributed by atoms with van der Waals surface area (Å²) < 4.78 is 16.5. The largest absolute Gasteiger partial charge is 0.340 e. The third-order valence-corrected chi connectivity index (χ3v) is 6.96. The number of nitrogens with zero attached hydrogens (tertiary/aromatic N) is 3. The second kappa shape index (κ2) is 10.3. The molecule has 1 amide bonds. The Bertz CT molecular complexity index is 1860. The zero-order valence-electron chi connectivity index (χ0n) is 21.3. The molecule has 0 atom stereocenters. The number of hydrogen-bond acceptors (Lipinski definition) is 3. The van der Waals surface area contributed by atoms with E-state index in [1.807, 2.05) is 91.9 Å². The summed E-state index contributed by atoms with van der Waals surface area (Å²) >= 11 is 0. The second-order valence-electron chi connectivity index (χ2n) is 9.33. The Morgan fingerprint density at radius 2 is 1.59 bits per heavy atom. The molecule has 0 aliphatic rings. The highest BCUT2D eigenvalue weighted by atomic mass is 19.1. The van der Waals surface area contributed by atoms with Crippen LogP contribution in [0.15, 0.2) is 114 Å². The van der Waals surface area contributed by atoms with Crippen LogP contribution in [-0.2, 0) is 6.54 Å². The van der Waals surface area contributed by atoms with E-state index in [1.165, 1.54) is 6.07 Å². The topological polar surface area (TPSA) is 59.3 Å². The molecule has 6 rings (SSSR count). The Labute approximate surface area is 225 Å². The lowest BCUT2D eigenvalue weighted by Gasteiger charge is -2.10. The van der Waals surface area contributed by atoms with Crippen LogP contribution in [0.3, 0.4) is 0 Å². The van der Waals surface area contributed by atoms with Gasteiger partial charge in [-0.15, -0.1) is 0 Å². The number of carbonyl (C=O) groups is 1. The van der Waals surface area contributed by atoms with Gasteiger partial charge in [0.15, 0.2) is 0 Å². The Morgan fingerprint density at radius 1 is 0.897 bits per heavy atom. The van der Waals surface area contributed by atoms with Crippen molar-refractivity contribution >= 4 is 33.9 Å². The molecule has 2 heterocycles. The number of benzene rings is 4. The molecule has 0 aliphatic heterocycles. The van der Waals surface area contributed by atoms with E-state index >= 15 is 0 Å². The van der Waals surface area contributed by atoms with Crippen molar-refractivity contribution in [1.82, 2.24) is 15.0 Å². The third kappa shape index (κ3) is 4.68. The van der Waals surface area contributed by atoms with Gasteiger partial charge in [0.05, 0.1) is 29.5 Å². The standard InChI is InChI=1S/C33H25FN4O/c1-22-28(26-15-7-10-18-32(26)38(22)21-24-13-5-8-16-29(24)34)20-35-37-33(39)27-19-31(23-11-3-2-4-12-23)36-30-17-9-6-14-25(27)30/h2-20H,21H2,1H3,(H,37,39)/b35-20-. The zero-order valence-corrected chi connectivity index (χ0v) is 21.3. The summed E-state index contributed by atoms with van der Waals surface area (Å²) in [6.45, 7) is 2.37. The van der Waals surface area contributed by atoms with Crippen LogP contribution in [0.2, 0.25) is 0 Å². The minimum atomic E-state index is -0.324. The van der Waals surface area contributed by atoms with Gasteiger partial charge < -0.3 is 4.57 Å². The summed E-state index contributed by atoms with van der Waals surface area (Å²) in [6.07, 6.45) is 1.66. The number of para-hydroxylation sites is 2. The van der Waals surface area contributed by atoms with Gasteiger partial charge in [0.2, 0.25) is 0 Å². The molecule has 0 saturated carbocycles. The first-order chi connectivity index (χ1) is 19.1. The van der Waals surface area contributed by atoms with Gasteiger partial charge in [0.25, 0.3) is 5.91 Å². The minimum absolute atomic E-state index is 0.239. The molecule has 6 heteroatoms. The van der Waals surface area contributed by atoms with Gasteiger partial charge in [-0.2, -0.15) is 5.10 Å². The second-order valence-corrected chi connectivity index (χ2v) is 9.33. The molecule has 0 bridgehead atoms. The lowest BCUT2D eigenvalue weighted by molar-refractivity contribution is 0.0956. The van der Waals surface area contributed by atoms with Gasteiger partial charge in [0, 0.05) is 38.7 Å². The predicted molar refractivity (Wildman–Crippen MR) is 154 cm³/mol. The third-order valence-electron chi connectivity index (χ3n) is 6.96. The zero-order chi connectivity index (χ0) is 26.8. The molecular formula is C33H25FN4O. The molecule has 0 unspecified atom stereocenters. The summed E-state index contributed by atoms with van der Waals surface area (Å²) in [5.74, 6) is -0.564. The quantitative estimate of drug-likeness (QED) is 0.191. The SMILES string of the molecule is Cc1c(/C=N\NC(=O)c2cc(-c3ccccc3)nc3ccccc23)c2ccccc2n1Cc1ccccc1F. The summed E-state index contributed by atoms with van der Waals surface area (Å²) in [4.78, 5) is 18.1. The van der Waals surface area contributed by atoms with Crippen LogP contribution in [0.4, 0.5) is 4.39 Å². The number of halogens is 1. The van der Waals surface area contributed by atoms with Gasteiger partial charge in [-0.1, -0.05) is 84.9 Å². The lowest BCUT2D eigenvalue weighted by atomic mass is 10.0. The van der Waals surface area contributed by atoms with Crippen LogP contribution in [0.5, 0.6) is 0 Å². The Balaban J connectivity index is 1.33. The molecule has 0 saturated heterocycles. The molecule has 4 aromatic carbocycles. The fraction of sp³-hybridized carbons (Fsp3) is 0.0606. The summed E-state index contributed by atoms with van der Waals surface area (Å²) in [5, 5.41) is 6.07. The number of carbonyl (C=O) groups excluding carboxylic acids is 1. The maximum atomic E-state index is 14.4. The maximum Gasteiger partial charge on any atom is 0.272 e. The van der Waals surface area contributed by atoms with Crippen molar-refractivity contribution in [2.24, 2.45) is 5.10 Å². The molecule has 6 aromatic rings. The van der Waals surface area contributed by atoms with Gasteiger partial charge in [-0.3, -0.25) is 4.79 Å². The highest BCUT2D eigenvalue weighted by Crippen LogP contribution is 2.27. The number of pyridine rings is 1. The summed E-state index contributed by atoms with van der Waals surface area (Å²) in [7, 11) is 0. The maximum absolute atomic E-state index is 14.4. The molecule has 190 valence electrons. The van der Waals surface area contributed by atoms with Crippen LogP contribution in [0.25, 0.3) is 33.1 Å². The lowest BCUT2D eigenvalue weighted by Crippen LogP contribution is -2.18. The summed E-state index contributed by atoms with van der Waals surface area (Å²) in [6, 6.07) is 33.9. The monoisotopic (exact) mass is 512 g/mol. The molecule has 0 spiro atoms. The molecule has 39 heavy (non-hydrogen) atoms. The van der Waals surface area contributed by atoms with Crippen LogP contribution in [0, 0.1) is 12.7 Å². The molecular weight excluding hydrogens is 487 g/mol. The first-order valence-corrected chi connectivity index (χ1v) is 12.7. The first kappa shape index (κ1) is 24.2. The van der Waals surface area contributed by atoms with Crippen LogP contribution in [-0.4, -0.2) is 21.7 Å². The van der Waals surface area contributed by atoms with E-state index in [0.717, 1.165) is 44.3 Å². The number of aromatic nitrogens is 2. The van der Waals surface area contributed by atoms with E-state index in [4.69, 9.17) is 4.98 Å². The fourth-order valence-corrected chi connectivity index (χ4v) is 4.96. The number of hydrazone groups is 1. The van der Waals surface area contributed by atoms with Gasteiger partial charge >= 0.3 is 0 Å². The van der Waals surface area contributed by atoms with Gasteiger partial charge in [-0.05, 0) is 31.2 Å². The molecule has 0 fully saturated rings. The van der Waals surface area contributed by atoms with E-state index in [-0.39, 0.29) is 11.7 Å². The number of rotatable bonds is 6. The first-order valence-electron chi connectivity index (χ1n) is 12.7. The molecule has 0 aliphatic carbocycles. The van der Waals surface area contributed by atoms with Crippen LogP contribution >= 0.6 is 0 Å². The van der Waals surface area contributed by atoms with E-state index in [2.05, 4.69) is 15.1 Å². The average Bonchev–Trinajstić information content (AvgIpc) is 3.24. The number of hydrogen-bond donors (Lipinski definition) is 1. The normalized spacial score (nSPS) is 11.4. The number of fused-ring (bicyclic) bond motifs is 2. The van der Waals surface area contributed by atoms with E-state index < -0.39 is 0 Å². The summed E-state index contributed by atoms with van der Waals surface area (Å²) in [5.41, 5.74) is 8.97. The van der Waals surface area contributed by atoms with E-state index in [9.17, 15) is 9.18 Å². The molecule has 5 nitrogen and oxygen atoms in total. The predicted octanol–water partition coefficient (Wildman–Crippen LogP) is 7.12. The van der Waals surface area contributed by atoms with Crippen molar-refractivity contribution in [3.05, 3.63) is 137 Å². The van der Waals surface area contributed by atoms with Gasteiger partial charge in [-0.25, -0.2) is 14.8 Å².